The summed E-state index contributed by atoms with van der Waals surface area (Å²) in [4.78, 5) is 28.9. The van der Waals surface area contributed by atoms with E-state index >= 15 is 0 Å². The quantitative estimate of drug-likeness (QED) is 0.336. The summed E-state index contributed by atoms with van der Waals surface area (Å²) in [5.74, 6) is 0.984. The van der Waals surface area contributed by atoms with Gasteiger partial charge in [-0.3, -0.25) is 9.59 Å². The van der Waals surface area contributed by atoms with Crippen LogP contribution in [0, 0.1) is 12.8 Å². The molecule has 3 rings (SSSR count). The van der Waals surface area contributed by atoms with Crippen molar-refractivity contribution < 1.29 is 14.3 Å². The molecule has 1 atom stereocenters. The summed E-state index contributed by atoms with van der Waals surface area (Å²) < 4.78 is 5.91. The topological polar surface area (TPSA) is 58.6 Å². The number of amides is 2. The van der Waals surface area contributed by atoms with E-state index in [-0.39, 0.29) is 18.4 Å². The molecular weight excluding hydrogens is 460 g/mol. The minimum absolute atomic E-state index is 0.143. The van der Waals surface area contributed by atoms with E-state index in [2.05, 4.69) is 33.0 Å². The first-order chi connectivity index (χ1) is 17.7. The van der Waals surface area contributed by atoms with Crippen LogP contribution in [0.1, 0.15) is 55.9 Å². The minimum Gasteiger partial charge on any atom is -0.484 e. The number of ether oxygens (including phenoxy) is 1. The van der Waals surface area contributed by atoms with Crippen molar-refractivity contribution in [2.45, 2.75) is 59.5 Å². The Labute approximate surface area is 221 Å². The molecule has 0 spiro atoms. The number of carbonyl (C=O) groups is 2. The molecule has 3 aromatic carbocycles. The van der Waals surface area contributed by atoms with Crippen LogP contribution in [0.25, 0.3) is 0 Å². The molecule has 0 heterocycles. The van der Waals surface area contributed by atoms with Crippen molar-refractivity contribution in [2.24, 2.45) is 5.92 Å². The van der Waals surface area contributed by atoms with Gasteiger partial charge in [-0.25, -0.2) is 0 Å². The average Bonchev–Trinajstić information content (AvgIpc) is 2.89. The lowest BCUT2D eigenvalue weighted by Gasteiger charge is -2.32. The predicted octanol–water partition coefficient (Wildman–Crippen LogP) is 5.91. The van der Waals surface area contributed by atoms with Gasteiger partial charge in [-0.15, -0.1) is 0 Å². The standard InChI is InChI=1S/C32H40N2O3/c1-23(2)20-33-32(36)30(19-26-12-7-6-8-13-26)34(21-28-14-10-9-11-25(28)5)31(35)22-37-29-17-15-27(16-18-29)24(3)4/h6-18,23-24,30H,19-22H2,1-5H3,(H,33,36). The average molecular weight is 501 g/mol. The van der Waals surface area contributed by atoms with Crippen LogP contribution in [0.15, 0.2) is 78.9 Å². The number of carbonyl (C=O) groups excluding carboxylic acids is 2. The molecule has 0 radical (unpaired) electrons. The summed E-state index contributed by atoms with van der Waals surface area (Å²) in [6, 6.07) is 25.0. The van der Waals surface area contributed by atoms with Crippen LogP contribution in [0.4, 0.5) is 0 Å². The number of hydrogen-bond donors (Lipinski definition) is 1. The van der Waals surface area contributed by atoms with Gasteiger partial charge >= 0.3 is 0 Å². The monoisotopic (exact) mass is 500 g/mol. The zero-order valence-corrected chi connectivity index (χ0v) is 22.7. The zero-order valence-electron chi connectivity index (χ0n) is 22.7. The highest BCUT2D eigenvalue weighted by Crippen LogP contribution is 2.20. The third-order valence-electron chi connectivity index (χ3n) is 6.47. The molecule has 37 heavy (non-hydrogen) atoms. The molecule has 196 valence electrons. The Morgan fingerprint density at radius 3 is 2.14 bits per heavy atom. The normalized spacial score (nSPS) is 11.9. The van der Waals surface area contributed by atoms with Gasteiger partial charge in [-0.05, 0) is 53.1 Å². The van der Waals surface area contributed by atoms with E-state index in [1.165, 1.54) is 5.56 Å². The first-order valence-electron chi connectivity index (χ1n) is 13.1. The van der Waals surface area contributed by atoms with E-state index in [1.54, 1.807) is 4.90 Å². The van der Waals surface area contributed by atoms with E-state index in [0.29, 0.717) is 37.1 Å². The Kier molecular flexibility index (Phi) is 10.3. The van der Waals surface area contributed by atoms with Crippen molar-refractivity contribution >= 4 is 11.8 Å². The Morgan fingerprint density at radius 1 is 0.865 bits per heavy atom. The molecule has 0 aliphatic heterocycles. The molecule has 0 fully saturated rings. The van der Waals surface area contributed by atoms with Crippen molar-refractivity contribution in [1.82, 2.24) is 10.2 Å². The van der Waals surface area contributed by atoms with E-state index in [4.69, 9.17) is 4.74 Å². The molecule has 1 N–H and O–H groups in total. The fourth-order valence-electron chi connectivity index (χ4n) is 4.12. The van der Waals surface area contributed by atoms with Crippen molar-refractivity contribution in [3.05, 3.63) is 101 Å². The molecule has 5 heteroatoms. The lowest BCUT2D eigenvalue weighted by molar-refractivity contribution is -0.142. The maximum atomic E-state index is 13.7. The molecular formula is C32H40N2O3. The van der Waals surface area contributed by atoms with Crippen molar-refractivity contribution in [2.75, 3.05) is 13.2 Å². The van der Waals surface area contributed by atoms with Crippen molar-refractivity contribution in [3.63, 3.8) is 0 Å². The van der Waals surface area contributed by atoms with E-state index in [1.807, 2.05) is 85.8 Å². The summed E-state index contributed by atoms with van der Waals surface area (Å²) in [7, 11) is 0. The predicted molar refractivity (Wildman–Crippen MR) is 150 cm³/mol. The molecule has 2 amide bonds. The number of benzene rings is 3. The largest absolute Gasteiger partial charge is 0.484 e. The number of rotatable bonds is 12. The van der Waals surface area contributed by atoms with Crippen LogP contribution in [0.3, 0.4) is 0 Å². The van der Waals surface area contributed by atoms with Gasteiger partial charge in [0.1, 0.15) is 11.8 Å². The molecule has 0 aromatic heterocycles. The summed E-state index contributed by atoms with van der Waals surface area (Å²) in [5.41, 5.74) is 4.29. The second kappa shape index (κ2) is 13.6. The van der Waals surface area contributed by atoms with Crippen LogP contribution < -0.4 is 10.1 Å². The fourth-order valence-corrected chi connectivity index (χ4v) is 4.12. The molecule has 0 saturated carbocycles. The van der Waals surface area contributed by atoms with Crippen LogP contribution in [-0.2, 0) is 22.6 Å². The highest BCUT2D eigenvalue weighted by atomic mass is 16.5. The molecule has 0 bridgehead atoms. The van der Waals surface area contributed by atoms with Crippen LogP contribution in [0.2, 0.25) is 0 Å². The second-order valence-corrected chi connectivity index (χ2v) is 10.3. The van der Waals surface area contributed by atoms with Gasteiger partial charge in [0.15, 0.2) is 6.61 Å². The molecule has 1 unspecified atom stereocenters. The second-order valence-electron chi connectivity index (χ2n) is 10.3. The lowest BCUT2D eigenvalue weighted by Crippen LogP contribution is -2.52. The number of aryl methyl sites for hydroxylation is 1. The van der Waals surface area contributed by atoms with Gasteiger partial charge in [0.05, 0.1) is 0 Å². The zero-order chi connectivity index (χ0) is 26.8. The Balaban J connectivity index is 1.88. The maximum Gasteiger partial charge on any atom is 0.261 e. The fraction of sp³-hybridized carbons (Fsp3) is 0.375. The van der Waals surface area contributed by atoms with Gasteiger partial charge in [0.25, 0.3) is 5.91 Å². The third-order valence-corrected chi connectivity index (χ3v) is 6.47. The molecule has 0 saturated heterocycles. The minimum atomic E-state index is -0.667. The lowest BCUT2D eigenvalue weighted by atomic mass is 10.0. The molecule has 0 aliphatic carbocycles. The first kappa shape index (κ1) is 28.0. The van der Waals surface area contributed by atoms with Gasteiger partial charge in [0.2, 0.25) is 5.91 Å². The maximum absolute atomic E-state index is 13.7. The molecule has 0 aliphatic rings. The molecule has 5 nitrogen and oxygen atoms in total. The van der Waals surface area contributed by atoms with Gasteiger partial charge in [0, 0.05) is 19.5 Å². The Bertz CT molecular complexity index is 1140. The van der Waals surface area contributed by atoms with Crippen molar-refractivity contribution in [1.29, 1.82) is 0 Å². The van der Waals surface area contributed by atoms with Crippen LogP contribution in [-0.4, -0.2) is 35.9 Å². The summed E-state index contributed by atoms with van der Waals surface area (Å²) >= 11 is 0. The highest BCUT2D eigenvalue weighted by molar-refractivity contribution is 5.88. The SMILES string of the molecule is Cc1ccccc1CN(C(=O)COc1ccc(C(C)C)cc1)C(Cc1ccccc1)C(=O)NCC(C)C. The van der Waals surface area contributed by atoms with Gasteiger partial charge in [-0.1, -0.05) is 94.4 Å². The summed E-state index contributed by atoms with van der Waals surface area (Å²) in [6.45, 7) is 11.1. The Morgan fingerprint density at radius 2 is 1.51 bits per heavy atom. The van der Waals surface area contributed by atoms with Crippen LogP contribution in [0.5, 0.6) is 5.75 Å². The summed E-state index contributed by atoms with van der Waals surface area (Å²) in [5, 5.41) is 3.06. The van der Waals surface area contributed by atoms with Crippen LogP contribution >= 0.6 is 0 Å². The van der Waals surface area contributed by atoms with E-state index in [0.717, 1.165) is 16.7 Å². The van der Waals surface area contributed by atoms with E-state index < -0.39 is 6.04 Å². The first-order valence-corrected chi connectivity index (χ1v) is 13.1. The van der Waals surface area contributed by atoms with E-state index in [9.17, 15) is 9.59 Å². The smallest absolute Gasteiger partial charge is 0.261 e. The molecule has 3 aromatic rings. The van der Waals surface area contributed by atoms with Crippen molar-refractivity contribution in [3.8, 4) is 5.75 Å². The highest BCUT2D eigenvalue weighted by Gasteiger charge is 2.31. The number of nitrogens with zero attached hydrogens (tertiary/aromatic N) is 1. The van der Waals surface area contributed by atoms with Gasteiger partial charge < -0.3 is 15.0 Å². The number of nitrogens with one attached hydrogen (secondary N) is 1. The van der Waals surface area contributed by atoms with Gasteiger partial charge in [-0.2, -0.15) is 0 Å². The Hall–Kier alpha value is -3.60. The summed E-state index contributed by atoms with van der Waals surface area (Å²) in [6.07, 6.45) is 0.422. The third kappa shape index (κ3) is 8.49. The number of hydrogen-bond acceptors (Lipinski definition) is 3.